The predicted octanol–water partition coefficient (Wildman–Crippen LogP) is 5.97. The summed E-state index contributed by atoms with van der Waals surface area (Å²) >= 11 is 0. The minimum atomic E-state index is -0.308. The lowest BCUT2D eigenvalue weighted by Crippen LogP contribution is -2.30. The van der Waals surface area contributed by atoms with Gasteiger partial charge in [0.1, 0.15) is 5.75 Å². The third-order valence-corrected chi connectivity index (χ3v) is 4.68. The van der Waals surface area contributed by atoms with Crippen molar-refractivity contribution in [1.82, 2.24) is 0 Å². The van der Waals surface area contributed by atoms with Gasteiger partial charge < -0.3 is 14.9 Å². The molecule has 0 radical (unpaired) electrons. The molecule has 1 unspecified atom stereocenters. The molecule has 0 heterocycles. The average molecular weight is 445 g/mol. The molecule has 6 heteroatoms. The molecule has 0 aliphatic heterocycles. The topological polar surface area (TPSA) is 101 Å². The first-order valence-electron chi connectivity index (χ1n) is 10.8. The summed E-state index contributed by atoms with van der Waals surface area (Å²) in [5.74, 6) is -0.301. The van der Waals surface area contributed by atoms with Gasteiger partial charge in [-0.25, -0.2) is 0 Å². The summed E-state index contributed by atoms with van der Waals surface area (Å²) in [6.07, 6.45) is 0.778. The number of carbonyl (C=O) groups is 3. The molecule has 0 saturated heterocycles. The van der Waals surface area contributed by atoms with Crippen molar-refractivity contribution < 1.29 is 29.3 Å². The van der Waals surface area contributed by atoms with Crippen LogP contribution < -0.4 is 0 Å². The number of benzene rings is 2. The zero-order valence-electron chi connectivity index (χ0n) is 19.9. The summed E-state index contributed by atoms with van der Waals surface area (Å²) < 4.78 is 5.17. The Kier molecular flexibility index (Phi) is 13.3. The quantitative estimate of drug-likeness (QED) is 0.310. The van der Waals surface area contributed by atoms with Gasteiger partial charge in [0.2, 0.25) is 0 Å². The zero-order valence-corrected chi connectivity index (χ0v) is 19.9. The number of esters is 1. The van der Waals surface area contributed by atoms with E-state index in [9.17, 15) is 14.7 Å². The maximum atomic E-state index is 12.6. The van der Waals surface area contributed by atoms with Gasteiger partial charge in [-0.05, 0) is 42.0 Å². The van der Waals surface area contributed by atoms with Crippen LogP contribution in [-0.4, -0.2) is 35.0 Å². The van der Waals surface area contributed by atoms with Crippen LogP contribution in [0.1, 0.15) is 64.7 Å². The molecule has 2 rings (SSSR count). The maximum absolute atomic E-state index is 12.6. The number of ketones is 1. The maximum Gasteiger partial charge on any atom is 0.309 e. The first-order valence-corrected chi connectivity index (χ1v) is 10.8. The molecule has 2 aromatic carbocycles. The van der Waals surface area contributed by atoms with Gasteiger partial charge in [0.05, 0.1) is 12.5 Å². The Morgan fingerprint density at radius 1 is 0.969 bits per heavy atom. The molecule has 2 N–H and O–H groups in total. The van der Waals surface area contributed by atoms with Crippen LogP contribution in [0.2, 0.25) is 0 Å². The number of Topliss-reactive ketones (excluding diaryl/α,β-unsaturated/α-hetero) is 1. The Balaban J connectivity index is 0.00000177. The highest BCUT2D eigenvalue weighted by Gasteiger charge is 2.32. The van der Waals surface area contributed by atoms with E-state index >= 15 is 0 Å². The van der Waals surface area contributed by atoms with Gasteiger partial charge in [-0.2, -0.15) is 0 Å². The number of carbonyl (C=O) groups excluding carboxylic acids is 2. The van der Waals surface area contributed by atoms with E-state index in [2.05, 4.69) is 0 Å². The number of rotatable bonds is 7. The van der Waals surface area contributed by atoms with E-state index < -0.39 is 0 Å². The lowest BCUT2D eigenvalue weighted by Gasteiger charge is -2.28. The highest BCUT2D eigenvalue weighted by atomic mass is 16.5. The van der Waals surface area contributed by atoms with Crippen molar-refractivity contribution >= 4 is 18.2 Å². The molecule has 0 aliphatic rings. The Hall–Kier alpha value is -3.15. The van der Waals surface area contributed by atoms with E-state index in [1.165, 1.54) is 0 Å². The smallest absolute Gasteiger partial charge is 0.309 e. The van der Waals surface area contributed by atoms with Crippen molar-refractivity contribution in [3.8, 4) is 16.9 Å². The second-order valence-corrected chi connectivity index (χ2v) is 7.86. The van der Waals surface area contributed by atoms with Crippen molar-refractivity contribution in [3.63, 3.8) is 0 Å². The number of carboxylic acid groups (broad SMARTS) is 1. The highest BCUT2D eigenvalue weighted by molar-refractivity contribution is 5.96. The predicted molar refractivity (Wildman–Crippen MR) is 127 cm³/mol. The van der Waals surface area contributed by atoms with Crippen LogP contribution in [0, 0.1) is 11.3 Å². The molecule has 6 nitrogen and oxygen atoms in total. The van der Waals surface area contributed by atoms with Crippen LogP contribution in [0.3, 0.4) is 0 Å². The van der Waals surface area contributed by atoms with Gasteiger partial charge in [-0.15, -0.1) is 0 Å². The van der Waals surface area contributed by atoms with Crippen molar-refractivity contribution in [1.29, 1.82) is 0 Å². The highest BCUT2D eigenvalue weighted by Crippen LogP contribution is 2.31. The molecule has 0 fully saturated rings. The van der Waals surface area contributed by atoms with Crippen LogP contribution in [0.4, 0.5) is 0 Å². The summed E-state index contributed by atoms with van der Waals surface area (Å²) in [7, 11) is 0. The van der Waals surface area contributed by atoms with Crippen LogP contribution in [-0.2, 0) is 14.3 Å². The third-order valence-electron chi connectivity index (χ3n) is 4.68. The molecule has 176 valence electrons. The lowest BCUT2D eigenvalue weighted by atomic mass is 9.77. The fourth-order valence-corrected chi connectivity index (χ4v) is 3.07. The van der Waals surface area contributed by atoms with Crippen LogP contribution in [0.5, 0.6) is 5.75 Å². The number of hydrogen-bond acceptors (Lipinski definition) is 5. The molecule has 1 atom stereocenters. The van der Waals surface area contributed by atoms with Crippen LogP contribution >= 0.6 is 0 Å². The van der Waals surface area contributed by atoms with Crippen LogP contribution in [0.25, 0.3) is 11.1 Å². The molecule has 0 aromatic heterocycles. The Morgan fingerprint density at radius 2 is 1.41 bits per heavy atom. The second-order valence-electron chi connectivity index (χ2n) is 7.86. The Bertz CT molecular complexity index is 817. The van der Waals surface area contributed by atoms with Gasteiger partial charge in [-0.1, -0.05) is 71.0 Å². The van der Waals surface area contributed by atoms with Crippen LogP contribution in [0.15, 0.2) is 48.5 Å². The van der Waals surface area contributed by atoms with Gasteiger partial charge in [0.15, 0.2) is 5.78 Å². The molecule has 0 spiro atoms. The summed E-state index contributed by atoms with van der Waals surface area (Å²) in [6, 6.07) is 14.3. The molecule has 32 heavy (non-hydrogen) atoms. The molecular formula is C26H36O6. The van der Waals surface area contributed by atoms with Crippen molar-refractivity contribution in [3.05, 3.63) is 54.1 Å². The van der Waals surface area contributed by atoms with E-state index in [4.69, 9.17) is 14.6 Å². The standard InChI is InChI=1S/C23H28O4.C2H6.CH2O2/c1-5-27-22(26)20(23(2,3)4)14-15-21(25)18-8-6-16(7-9-18)17-10-12-19(24)13-11-17;1-2;2-1-3/h6-13,20,24H,5,14-15H2,1-4H3;1-2H3;1H,(H,2,3). The average Bonchev–Trinajstić information content (AvgIpc) is 2.76. The second kappa shape index (κ2) is 14.8. The van der Waals surface area contributed by atoms with Crippen molar-refractivity contribution in [2.24, 2.45) is 11.3 Å². The number of phenolic OH excluding ortho intramolecular Hbond substituents is 1. The minimum Gasteiger partial charge on any atom is -0.508 e. The first kappa shape index (κ1) is 28.9. The number of phenols is 1. The third kappa shape index (κ3) is 9.77. The molecule has 2 aromatic rings. The fourth-order valence-electron chi connectivity index (χ4n) is 3.07. The summed E-state index contributed by atoms with van der Waals surface area (Å²) in [4.78, 5) is 33.1. The molecule has 0 aliphatic carbocycles. The molecule has 0 amide bonds. The van der Waals surface area contributed by atoms with Gasteiger partial charge in [0.25, 0.3) is 6.47 Å². The van der Waals surface area contributed by atoms with E-state index in [0.717, 1.165) is 11.1 Å². The SMILES string of the molecule is CC.CCOC(=O)C(CCC(=O)c1ccc(-c2ccc(O)cc2)cc1)C(C)(C)C.O=CO. The van der Waals surface area contributed by atoms with Gasteiger partial charge in [0, 0.05) is 12.0 Å². The lowest BCUT2D eigenvalue weighted by molar-refractivity contribution is -0.152. The zero-order chi connectivity index (χ0) is 24.7. The summed E-state index contributed by atoms with van der Waals surface area (Å²) in [6.45, 7) is 11.9. The summed E-state index contributed by atoms with van der Waals surface area (Å²) in [5, 5.41) is 16.3. The van der Waals surface area contributed by atoms with Gasteiger partial charge >= 0.3 is 5.97 Å². The minimum absolute atomic E-state index is 0.0193. The van der Waals surface area contributed by atoms with Gasteiger partial charge in [-0.3, -0.25) is 14.4 Å². The normalized spacial score (nSPS) is 11.1. The fraction of sp³-hybridized carbons (Fsp3) is 0.423. The molecule has 0 bridgehead atoms. The number of aromatic hydroxyl groups is 1. The first-order chi connectivity index (χ1) is 15.1. The van der Waals surface area contributed by atoms with E-state index in [0.29, 0.717) is 25.0 Å². The Labute approximate surface area is 191 Å². The largest absolute Gasteiger partial charge is 0.508 e. The Morgan fingerprint density at radius 3 is 1.81 bits per heavy atom. The monoisotopic (exact) mass is 444 g/mol. The van der Waals surface area contributed by atoms with E-state index in [-0.39, 0.29) is 35.3 Å². The number of hydrogen-bond donors (Lipinski definition) is 2. The summed E-state index contributed by atoms with van der Waals surface area (Å²) in [5.41, 5.74) is 2.33. The molecule has 0 saturated carbocycles. The van der Waals surface area contributed by atoms with E-state index in [1.54, 1.807) is 31.2 Å². The van der Waals surface area contributed by atoms with Crippen molar-refractivity contribution in [2.75, 3.05) is 6.61 Å². The number of ether oxygens (including phenoxy) is 1. The van der Waals surface area contributed by atoms with Crippen molar-refractivity contribution in [2.45, 2.75) is 54.4 Å². The molecular weight excluding hydrogens is 408 g/mol. The van der Waals surface area contributed by atoms with E-state index in [1.807, 2.05) is 58.9 Å².